The molecular formula is C27H32N2O7. The lowest BCUT2D eigenvalue weighted by Gasteiger charge is -2.62. The number of rotatable bonds is 4. The van der Waals surface area contributed by atoms with Crippen LogP contribution in [0.4, 0.5) is 0 Å². The van der Waals surface area contributed by atoms with E-state index in [1.165, 1.54) is 14.2 Å². The van der Waals surface area contributed by atoms with Crippen LogP contribution in [0, 0.1) is 0 Å². The first-order valence-corrected chi connectivity index (χ1v) is 12.4. The molecule has 3 heterocycles. The van der Waals surface area contributed by atoms with Gasteiger partial charge in [-0.2, -0.15) is 0 Å². The summed E-state index contributed by atoms with van der Waals surface area (Å²) in [5.41, 5.74) is 2.15. The Morgan fingerprint density at radius 1 is 0.833 bits per heavy atom. The molecule has 9 nitrogen and oxygen atoms in total. The number of likely N-dealkylation sites (N-methyl/N-ethyl adjacent to an activating group) is 1. The highest BCUT2D eigenvalue weighted by molar-refractivity contribution is 6.26. The van der Waals surface area contributed by atoms with Crippen LogP contribution in [-0.2, 0) is 28.7 Å². The van der Waals surface area contributed by atoms with Gasteiger partial charge >= 0.3 is 0 Å². The molecule has 0 spiro atoms. The summed E-state index contributed by atoms with van der Waals surface area (Å²) in [5.74, 6) is -1.05. The molecule has 1 N–H and O–H groups in total. The van der Waals surface area contributed by atoms with E-state index in [2.05, 4.69) is 9.80 Å². The van der Waals surface area contributed by atoms with Gasteiger partial charge in [0.2, 0.25) is 11.6 Å². The standard InChI is InChI=1S/C27H32N2O7/c1-7-28-16-8-15-20(25(34)27(36-6)12(3)23(15)32)21(28)17-9-14-19(18(10-30)29(17)13(16)4)24(33)26(35-5)11(2)22(14)31/h13,16-18,21,30H,7-10H2,1-6H3/t13-,16?,17-,18-,21?/m0/s1. The van der Waals surface area contributed by atoms with Crippen LogP contribution in [0.5, 0.6) is 0 Å². The predicted molar refractivity (Wildman–Crippen MR) is 129 cm³/mol. The zero-order valence-corrected chi connectivity index (χ0v) is 21.5. The molecular weight excluding hydrogens is 464 g/mol. The smallest absolute Gasteiger partial charge is 0.226 e. The third kappa shape index (κ3) is 2.99. The molecule has 36 heavy (non-hydrogen) atoms. The molecule has 192 valence electrons. The number of aliphatic hydroxyl groups excluding tert-OH is 1. The number of aliphatic hydroxyl groups is 1. The maximum Gasteiger partial charge on any atom is 0.226 e. The van der Waals surface area contributed by atoms with Crippen molar-refractivity contribution in [1.29, 1.82) is 0 Å². The van der Waals surface area contributed by atoms with Crippen molar-refractivity contribution >= 4 is 23.1 Å². The van der Waals surface area contributed by atoms with Crippen molar-refractivity contribution in [3.05, 3.63) is 45.0 Å². The largest absolute Gasteiger partial charge is 0.492 e. The van der Waals surface area contributed by atoms with Gasteiger partial charge in [-0.3, -0.25) is 29.0 Å². The van der Waals surface area contributed by atoms with Crippen LogP contribution in [0.3, 0.4) is 0 Å². The lowest BCUT2D eigenvalue weighted by atomic mass is 9.67. The van der Waals surface area contributed by atoms with Crippen LogP contribution < -0.4 is 0 Å². The first kappa shape index (κ1) is 24.8. The number of allylic oxidation sites excluding steroid dienone is 4. The number of fused-ring (bicyclic) bond motifs is 5. The number of carbonyl (C=O) groups is 4. The molecule has 5 atom stereocenters. The summed E-state index contributed by atoms with van der Waals surface area (Å²) in [6.07, 6.45) is 0.620. The molecule has 2 aliphatic carbocycles. The van der Waals surface area contributed by atoms with Crippen LogP contribution in [0.25, 0.3) is 0 Å². The monoisotopic (exact) mass is 496 g/mol. The Balaban J connectivity index is 1.70. The van der Waals surface area contributed by atoms with Crippen LogP contribution in [0.2, 0.25) is 0 Å². The van der Waals surface area contributed by atoms with E-state index < -0.39 is 12.1 Å². The Hall–Kier alpha value is -2.88. The van der Waals surface area contributed by atoms with Crippen molar-refractivity contribution in [2.45, 2.75) is 70.7 Å². The van der Waals surface area contributed by atoms with E-state index in [0.29, 0.717) is 35.3 Å². The Morgan fingerprint density at radius 2 is 1.33 bits per heavy atom. The van der Waals surface area contributed by atoms with Gasteiger partial charge in [-0.25, -0.2) is 0 Å². The van der Waals surface area contributed by atoms with Gasteiger partial charge in [-0.1, -0.05) is 6.92 Å². The molecule has 0 amide bonds. The second-order valence-corrected chi connectivity index (χ2v) is 10.1. The van der Waals surface area contributed by atoms with E-state index in [1.54, 1.807) is 13.8 Å². The molecule has 9 heteroatoms. The van der Waals surface area contributed by atoms with Gasteiger partial charge in [0.05, 0.1) is 32.9 Å². The molecule has 1 saturated heterocycles. The summed E-state index contributed by atoms with van der Waals surface area (Å²) >= 11 is 0. The number of ether oxygens (including phenoxy) is 2. The maximum absolute atomic E-state index is 13.7. The second-order valence-electron chi connectivity index (χ2n) is 10.1. The van der Waals surface area contributed by atoms with Crippen molar-refractivity contribution in [1.82, 2.24) is 9.80 Å². The quantitative estimate of drug-likeness (QED) is 0.570. The van der Waals surface area contributed by atoms with Gasteiger partial charge in [-0.05, 0) is 40.2 Å². The van der Waals surface area contributed by atoms with E-state index in [-0.39, 0.29) is 77.0 Å². The van der Waals surface area contributed by atoms with Crippen molar-refractivity contribution < 1.29 is 33.8 Å². The molecule has 1 fully saturated rings. The van der Waals surface area contributed by atoms with Crippen LogP contribution in [0.15, 0.2) is 45.0 Å². The number of methoxy groups -OCH3 is 2. The zero-order valence-electron chi connectivity index (χ0n) is 21.5. The highest BCUT2D eigenvalue weighted by atomic mass is 16.5. The van der Waals surface area contributed by atoms with Gasteiger partial charge < -0.3 is 14.6 Å². The van der Waals surface area contributed by atoms with Crippen molar-refractivity contribution in [2.75, 3.05) is 27.4 Å². The number of nitrogens with zero attached hydrogens (tertiary/aromatic N) is 2. The fraction of sp³-hybridized carbons (Fsp3) is 0.556. The molecule has 2 bridgehead atoms. The Morgan fingerprint density at radius 3 is 1.83 bits per heavy atom. The molecule has 3 aliphatic heterocycles. The van der Waals surface area contributed by atoms with Gasteiger partial charge in [-0.15, -0.1) is 0 Å². The number of Topliss-reactive ketones (excluding diaryl/α,β-unsaturated/α-hetero) is 4. The zero-order chi connectivity index (χ0) is 26.2. The molecule has 0 aromatic rings. The van der Waals surface area contributed by atoms with Crippen molar-refractivity contribution in [2.24, 2.45) is 0 Å². The van der Waals surface area contributed by atoms with Crippen molar-refractivity contribution in [3.63, 3.8) is 0 Å². The van der Waals surface area contributed by atoms with E-state index in [9.17, 15) is 24.3 Å². The maximum atomic E-state index is 13.7. The molecule has 0 radical (unpaired) electrons. The van der Waals surface area contributed by atoms with E-state index in [0.717, 1.165) is 0 Å². The minimum atomic E-state index is -0.719. The minimum Gasteiger partial charge on any atom is -0.492 e. The number of carbonyl (C=O) groups excluding carboxylic acids is 4. The average Bonchev–Trinajstić information content (AvgIpc) is 2.87. The number of ketones is 4. The molecule has 0 saturated carbocycles. The Bertz CT molecular complexity index is 1240. The summed E-state index contributed by atoms with van der Waals surface area (Å²) in [6.45, 7) is 7.52. The lowest BCUT2D eigenvalue weighted by Crippen LogP contribution is -2.74. The third-order valence-electron chi connectivity index (χ3n) is 8.78. The van der Waals surface area contributed by atoms with Crippen molar-refractivity contribution in [3.8, 4) is 0 Å². The van der Waals surface area contributed by atoms with Crippen LogP contribution in [-0.4, -0.2) is 95.6 Å². The third-order valence-corrected chi connectivity index (χ3v) is 8.78. The first-order valence-electron chi connectivity index (χ1n) is 12.4. The molecule has 5 rings (SSSR count). The van der Waals surface area contributed by atoms with E-state index >= 15 is 0 Å². The van der Waals surface area contributed by atoms with Gasteiger partial charge in [0.15, 0.2) is 23.1 Å². The predicted octanol–water partition coefficient (Wildman–Crippen LogP) is 1.02. The average molecular weight is 497 g/mol. The summed E-state index contributed by atoms with van der Waals surface area (Å²) < 4.78 is 10.7. The Labute approximate surface area is 210 Å². The Kier molecular flexibility index (Phi) is 5.93. The highest BCUT2D eigenvalue weighted by Crippen LogP contribution is 2.49. The molecule has 5 aliphatic rings. The lowest BCUT2D eigenvalue weighted by molar-refractivity contribution is -0.128. The fourth-order valence-electron chi connectivity index (χ4n) is 7.26. The molecule has 0 aromatic carbocycles. The summed E-state index contributed by atoms with van der Waals surface area (Å²) in [5, 5.41) is 10.6. The topological polar surface area (TPSA) is 113 Å². The first-order chi connectivity index (χ1) is 17.1. The molecule has 2 unspecified atom stereocenters. The van der Waals surface area contributed by atoms with E-state index in [4.69, 9.17) is 9.47 Å². The summed E-state index contributed by atoms with van der Waals surface area (Å²) in [4.78, 5) is 58.3. The normalized spacial score (nSPS) is 33.2. The number of hydrogen-bond donors (Lipinski definition) is 1. The highest BCUT2D eigenvalue weighted by Gasteiger charge is 2.59. The van der Waals surface area contributed by atoms with Crippen LogP contribution >= 0.6 is 0 Å². The molecule has 0 aromatic heterocycles. The fourth-order valence-corrected chi connectivity index (χ4v) is 7.26. The number of hydrogen-bond acceptors (Lipinski definition) is 9. The SMILES string of the molecule is CCN1C2CC3=C(C(=O)C(OC)=C(C)C3=O)C1[C@@H]1CC3=C(C(=O)C(OC)=C(C)C3=O)[C@H](CO)N1[C@H]2C. The summed E-state index contributed by atoms with van der Waals surface area (Å²) in [6, 6.07) is -1.84. The second kappa shape index (κ2) is 8.61. The van der Waals surface area contributed by atoms with Gasteiger partial charge in [0, 0.05) is 51.6 Å². The van der Waals surface area contributed by atoms with Gasteiger partial charge in [0.25, 0.3) is 0 Å². The summed E-state index contributed by atoms with van der Waals surface area (Å²) in [7, 11) is 2.76. The van der Waals surface area contributed by atoms with Crippen LogP contribution in [0.1, 0.15) is 40.5 Å². The van der Waals surface area contributed by atoms with E-state index in [1.807, 2.05) is 13.8 Å². The minimum absolute atomic E-state index is 0.0130. The number of piperazine rings is 1. The van der Waals surface area contributed by atoms with Gasteiger partial charge in [0.1, 0.15) is 0 Å².